The average Bonchev–Trinajstić information content (AvgIpc) is 3.09. The van der Waals surface area contributed by atoms with Crippen molar-refractivity contribution in [2.75, 3.05) is 19.5 Å². The number of amides is 1. The van der Waals surface area contributed by atoms with Crippen LogP contribution in [0, 0.1) is 0 Å². The van der Waals surface area contributed by atoms with E-state index < -0.39 is 0 Å². The fraction of sp³-hybridized carbons (Fsp3) is 0.143. The Labute approximate surface area is 124 Å². The van der Waals surface area contributed by atoms with Crippen molar-refractivity contribution < 1.29 is 14.3 Å². The fourth-order valence-corrected chi connectivity index (χ4v) is 2.83. The highest BCUT2D eigenvalue weighted by Gasteiger charge is 2.13. The Morgan fingerprint density at radius 1 is 1.29 bits per heavy atom. The zero-order valence-electron chi connectivity index (χ0n) is 11.5. The second-order valence-electron chi connectivity index (χ2n) is 4.22. The minimum absolute atomic E-state index is 0.202. The molecule has 0 bridgehead atoms. The van der Waals surface area contributed by atoms with E-state index in [1.165, 1.54) is 11.3 Å². The predicted octanol–water partition coefficient (Wildman–Crippen LogP) is 2.67. The molecule has 0 aliphatic rings. The molecule has 3 aromatic rings. The first-order chi connectivity index (χ1) is 10.2. The van der Waals surface area contributed by atoms with Gasteiger partial charge in [0.1, 0.15) is 5.69 Å². The molecule has 0 fully saturated rings. The molecule has 0 atom stereocenters. The number of carbonyl (C=O) groups is 1. The third kappa shape index (κ3) is 2.43. The van der Waals surface area contributed by atoms with E-state index in [2.05, 4.69) is 10.3 Å². The number of fused-ring (bicyclic) bond motifs is 1. The van der Waals surface area contributed by atoms with Gasteiger partial charge in [-0.3, -0.25) is 9.20 Å². The molecule has 3 rings (SSSR count). The van der Waals surface area contributed by atoms with Gasteiger partial charge in [-0.15, -0.1) is 11.3 Å². The van der Waals surface area contributed by atoms with Crippen LogP contribution in [0.1, 0.15) is 10.5 Å². The van der Waals surface area contributed by atoms with Crippen molar-refractivity contribution in [1.82, 2.24) is 9.38 Å². The molecule has 1 amide bonds. The summed E-state index contributed by atoms with van der Waals surface area (Å²) in [6, 6.07) is 5.22. The number of hydrogen-bond donors (Lipinski definition) is 1. The van der Waals surface area contributed by atoms with Gasteiger partial charge in [-0.05, 0) is 12.1 Å². The Balaban J connectivity index is 1.86. The lowest BCUT2D eigenvalue weighted by Gasteiger charge is -2.10. The van der Waals surface area contributed by atoms with Crippen LogP contribution in [-0.4, -0.2) is 29.5 Å². The van der Waals surface area contributed by atoms with Crippen molar-refractivity contribution in [1.29, 1.82) is 0 Å². The molecule has 0 aliphatic heterocycles. The largest absolute Gasteiger partial charge is 0.493 e. The minimum Gasteiger partial charge on any atom is -0.493 e. The Hall–Kier alpha value is -2.54. The number of thiazole rings is 1. The Morgan fingerprint density at radius 2 is 2.10 bits per heavy atom. The molecule has 0 saturated heterocycles. The van der Waals surface area contributed by atoms with E-state index in [1.807, 2.05) is 0 Å². The van der Waals surface area contributed by atoms with E-state index in [1.54, 1.807) is 54.6 Å². The van der Waals surface area contributed by atoms with Gasteiger partial charge in [0, 0.05) is 29.5 Å². The molecule has 2 heterocycles. The quantitative estimate of drug-likeness (QED) is 0.805. The lowest BCUT2D eigenvalue weighted by molar-refractivity contribution is 0.102. The molecule has 0 unspecified atom stereocenters. The predicted molar refractivity (Wildman–Crippen MR) is 80.6 cm³/mol. The number of benzene rings is 1. The number of ether oxygens (including phenoxy) is 2. The Morgan fingerprint density at radius 3 is 2.86 bits per heavy atom. The zero-order valence-corrected chi connectivity index (χ0v) is 12.3. The molecule has 21 heavy (non-hydrogen) atoms. The number of imidazole rings is 1. The summed E-state index contributed by atoms with van der Waals surface area (Å²) in [5.41, 5.74) is 1.18. The molecular weight excluding hydrogens is 290 g/mol. The van der Waals surface area contributed by atoms with E-state index in [4.69, 9.17) is 9.47 Å². The highest BCUT2D eigenvalue weighted by atomic mass is 32.1. The van der Waals surface area contributed by atoms with Crippen LogP contribution in [0.15, 0.2) is 36.0 Å². The molecule has 0 radical (unpaired) electrons. The molecule has 1 N–H and O–H groups in total. The second kappa shape index (κ2) is 5.45. The summed E-state index contributed by atoms with van der Waals surface area (Å²) >= 11 is 1.42. The molecule has 6 nitrogen and oxygen atoms in total. The molecular formula is C14H13N3O3S. The zero-order chi connectivity index (χ0) is 14.8. The van der Waals surface area contributed by atoms with E-state index in [0.29, 0.717) is 22.9 Å². The second-order valence-corrected chi connectivity index (χ2v) is 5.06. The van der Waals surface area contributed by atoms with E-state index >= 15 is 0 Å². The first-order valence-corrected chi connectivity index (χ1v) is 7.05. The van der Waals surface area contributed by atoms with Crippen LogP contribution in [-0.2, 0) is 0 Å². The third-order valence-corrected chi connectivity index (χ3v) is 3.87. The van der Waals surface area contributed by atoms with Gasteiger partial charge in [-0.1, -0.05) is 0 Å². The van der Waals surface area contributed by atoms with Crippen molar-refractivity contribution >= 4 is 27.9 Å². The topological polar surface area (TPSA) is 64.9 Å². The summed E-state index contributed by atoms with van der Waals surface area (Å²) in [5.74, 6) is 0.975. The average molecular weight is 303 g/mol. The van der Waals surface area contributed by atoms with Crippen LogP contribution in [0.5, 0.6) is 11.5 Å². The SMILES string of the molecule is COc1ccc(NC(=O)c2csc3nccn23)cc1OC. The van der Waals surface area contributed by atoms with Crippen molar-refractivity contribution in [2.45, 2.75) is 0 Å². The number of methoxy groups -OCH3 is 2. The normalized spacial score (nSPS) is 10.6. The standard InChI is InChI=1S/C14H13N3O3S/c1-19-11-4-3-9(7-12(11)20-2)16-13(18)10-8-21-14-15-5-6-17(10)14/h3-8H,1-2H3,(H,16,18). The maximum absolute atomic E-state index is 12.3. The van der Waals surface area contributed by atoms with Crippen LogP contribution in [0.25, 0.3) is 4.96 Å². The molecule has 0 spiro atoms. The third-order valence-electron chi connectivity index (χ3n) is 3.02. The lowest BCUT2D eigenvalue weighted by atomic mass is 10.2. The van der Waals surface area contributed by atoms with Crippen LogP contribution < -0.4 is 14.8 Å². The van der Waals surface area contributed by atoms with Crippen molar-refractivity contribution in [2.24, 2.45) is 0 Å². The van der Waals surface area contributed by atoms with Gasteiger partial charge in [-0.25, -0.2) is 4.98 Å². The van der Waals surface area contributed by atoms with Crippen LogP contribution in [0.3, 0.4) is 0 Å². The monoisotopic (exact) mass is 303 g/mol. The number of hydrogen-bond acceptors (Lipinski definition) is 5. The first-order valence-electron chi connectivity index (χ1n) is 6.17. The number of nitrogens with zero attached hydrogens (tertiary/aromatic N) is 2. The van der Waals surface area contributed by atoms with Gasteiger partial charge in [0.2, 0.25) is 0 Å². The summed E-state index contributed by atoms with van der Waals surface area (Å²) < 4.78 is 12.1. The van der Waals surface area contributed by atoms with E-state index in [-0.39, 0.29) is 5.91 Å². The van der Waals surface area contributed by atoms with Gasteiger partial charge in [-0.2, -0.15) is 0 Å². The summed E-state index contributed by atoms with van der Waals surface area (Å²) in [4.78, 5) is 17.2. The molecule has 0 saturated carbocycles. The smallest absolute Gasteiger partial charge is 0.273 e. The fourth-order valence-electron chi connectivity index (χ4n) is 2.00. The van der Waals surface area contributed by atoms with Crippen LogP contribution in [0.4, 0.5) is 5.69 Å². The van der Waals surface area contributed by atoms with Crippen molar-refractivity contribution in [3.8, 4) is 11.5 Å². The highest BCUT2D eigenvalue weighted by Crippen LogP contribution is 2.30. The number of anilines is 1. The summed E-state index contributed by atoms with van der Waals surface area (Å²) in [6.07, 6.45) is 3.42. The minimum atomic E-state index is -0.202. The van der Waals surface area contributed by atoms with Gasteiger partial charge in [0.15, 0.2) is 16.5 Å². The Bertz CT molecular complexity index is 794. The Kier molecular flexibility index (Phi) is 3.49. The number of carbonyl (C=O) groups excluding carboxylic acids is 1. The van der Waals surface area contributed by atoms with Crippen molar-refractivity contribution in [3.05, 3.63) is 41.7 Å². The maximum Gasteiger partial charge on any atom is 0.273 e. The number of rotatable bonds is 4. The molecule has 0 aliphatic carbocycles. The van der Waals surface area contributed by atoms with E-state index in [9.17, 15) is 4.79 Å². The van der Waals surface area contributed by atoms with Gasteiger partial charge in [0.25, 0.3) is 5.91 Å². The molecule has 1 aromatic carbocycles. The van der Waals surface area contributed by atoms with Crippen molar-refractivity contribution in [3.63, 3.8) is 0 Å². The number of nitrogens with one attached hydrogen (secondary N) is 1. The number of aromatic nitrogens is 2. The summed E-state index contributed by atoms with van der Waals surface area (Å²) in [5, 5.41) is 4.61. The van der Waals surface area contributed by atoms with Crippen LogP contribution >= 0.6 is 11.3 Å². The molecule has 2 aromatic heterocycles. The van der Waals surface area contributed by atoms with Gasteiger partial charge in [0.05, 0.1) is 14.2 Å². The van der Waals surface area contributed by atoms with Crippen LogP contribution in [0.2, 0.25) is 0 Å². The van der Waals surface area contributed by atoms with E-state index in [0.717, 1.165) is 4.96 Å². The highest BCUT2D eigenvalue weighted by molar-refractivity contribution is 7.15. The molecule has 7 heteroatoms. The summed E-state index contributed by atoms with van der Waals surface area (Å²) in [7, 11) is 3.12. The summed E-state index contributed by atoms with van der Waals surface area (Å²) in [6.45, 7) is 0. The first kappa shape index (κ1) is 13.4. The maximum atomic E-state index is 12.3. The van der Waals surface area contributed by atoms with Gasteiger partial charge < -0.3 is 14.8 Å². The molecule has 108 valence electrons. The van der Waals surface area contributed by atoms with Gasteiger partial charge >= 0.3 is 0 Å². The lowest BCUT2D eigenvalue weighted by Crippen LogP contribution is -2.13.